The largest absolute Gasteiger partial charge is 0.365 e. The molecule has 1 aromatic rings. The minimum atomic E-state index is -0.127. The van der Waals surface area contributed by atoms with Gasteiger partial charge in [0, 0.05) is 17.3 Å². The molecule has 1 aromatic carbocycles. The average Bonchev–Trinajstić information content (AvgIpc) is 2.28. The second-order valence-corrected chi connectivity index (χ2v) is 5.55. The van der Waals surface area contributed by atoms with Gasteiger partial charge in [0.25, 0.3) is 0 Å². The van der Waals surface area contributed by atoms with E-state index < -0.39 is 0 Å². The third-order valence-electron chi connectivity index (χ3n) is 3.70. The van der Waals surface area contributed by atoms with Crippen molar-refractivity contribution in [1.29, 1.82) is 5.26 Å². The number of hydrogen-bond acceptors (Lipinski definition) is 2. The lowest BCUT2D eigenvalue weighted by atomic mass is 9.79. The fourth-order valence-corrected chi connectivity index (χ4v) is 2.80. The van der Waals surface area contributed by atoms with Gasteiger partial charge in [-0.3, -0.25) is 0 Å². The van der Waals surface area contributed by atoms with Gasteiger partial charge in [0.2, 0.25) is 0 Å². The van der Waals surface area contributed by atoms with Gasteiger partial charge in [-0.25, -0.2) is 0 Å². The molecule has 1 unspecified atom stereocenters. The Labute approximate surface area is 108 Å². The van der Waals surface area contributed by atoms with Crippen LogP contribution in [-0.4, -0.2) is 12.1 Å². The summed E-state index contributed by atoms with van der Waals surface area (Å²) < 4.78 is 0. The maximum atomic E-state index is 9.24. The van der Waals surface area contributed by atoms with E-state index in [1.54, 1.807) is 0 Å². The molecule has 17 heavy (non-hydrogen) atoms. The highest BCUT2D eigenvalue weighted by Gasteiger charge is 2.38. The quantitative estimate of drug-likeness (QED) is 0.755. The Bertz CT molecular complexity index is 448. The van der Waals surface area contributed by atoms with E-state index >= 15 is 0 Å². The van der Waals surface area contributed by atoms with Crippen LogP contribution in [0.5, 0.6) is 0 Å². The van der Waals surface area contributed by atoms with Crippen molar-refractivity contribution in [2.45, 2.75) is 32.2 Å². The lowest BCUT2D eigenvalue weighted by molar-refractivity contribution is 0.292. The number of nitriles is 1. The molecule has 0 aromatic heterocycles. The number of rotatable bonds is 1. The molecule has 1 aliphatic heterocycles. The Morgan fingerprint density at radius 2 is 2.24 bits per heavy atom. The van der Waals surface area contributed by atoms with Crippen LogP contribution in [0.4, 0.5) is 5.69 Å². The number of halogens is 1. The summed E-state index contributed by atoms with van der Waals surface area (Å²) in [5.41, 5.74) is 0.986. The van der Waals surface area contributed by atoms with E-state index in [-0.39, 0.29) is 11.5 Å². The monoisotopic (exact) mass is 248 g/mol. The molecule has 3 heteroatoms. The summed E-state index contributed by atoms with van der Waals surface area (Å²) >= 11 is 6.04. The molecule has 1 atom stereocenters. The molecule has 2 nitrogen and oxygen atoms in total. The van der Waals surface area contributed by atoms with Gasteiger partial charge in [0.15, 0.2) is 0 Å². The molecule has 90 valence electrons. The normalized spacial score (nSPS) is 23.2. The van der Waals surface area contributed by atoms with E-state index in [0.717, 1.165) is 30.1 Å². The SMILES string of the molecule is CC1(C)C(C#N)CCCN1c1cccc(Cl)c1. The molecule has 0 aliphatic carbocycles. The third-order valence-corrected chi connectivity index (χ3v) is 3.93. The molecular formula is C14H17ClN2. The Balaban J connectivity index is 2.35. The van der Waals surface area contributed by atoms with Crippen LogP contribution < -0.4 is 4.90 Å². The molecule has 1 saturated heterocycles. The molecule has 0 radical (unpaired) electrons. The first-order valence-electron chi connectivity index (χ1n) is 5.98. The van der Waals surface area contributed by atoms with Gasteiger partial charge in [-0.05, 0) is 44.9 Å². The Morgan fingerprint density at radius 1 is 1.47 bits per heavy atom. The summed E-state index contributed by atoms with van der Waals surface area (Å²) in [7, 11) is 0. The molecule has 0 bridgehead atoms. The summed E-state index contributed by atoms with van der Waals surface area (Å²) in [4.78, 5) is 2.30. The van der Waals surface area contributed by atoms with Gasteiger partial charge < -0.3 is 4.90 Å². The average molecular weight is 249 g/mol. The van der Waals surface area contributed by atoms with Crippen molar-refractivity contribution in [2.24, 2.45) is 5.92 Å². The molecule has 0 amide bonds. The first kappa shape index (κ1) is 12.3. The van der Waals surface area contributed by atoms with Crippen molar-refractivity contribution in [3.05, 3.63) is 29.3 Å². The van der Waals surface area contributed by atoms with Crippen LogP contribution in [0.1, 0.15) is 26.7 Å². The zero-order valence-electron chi connectivity index (χ0n) is 10.3. The van der Waals surface area contributed by atoms with Crippen LogP contribution in [0, 0.1) is 17.2 Å². The highest BCUT2D eigenvalue weighted by atomic mass is 35.5. The maximum Gasteiger partial charge on any atom is 0.0690 e. The number of hydrogen-bond donors (Lipinski definition) is 0. The first-order chi connectivity index (χ1) is 8.05. The highest BCUT2D eigenvalue weighted by Crippen LogP contribution is 2.37. The van der Waals surface area contributed by atoms with Crippen molar-refractivity contribution >= 4 is 17.3 Å². The predicted molar refractivity (Wildman–Crippen MR) is 71.2 cm³/mol. The van der Waals surface area contributed by atoms with Gasteiger partial charge in [-0.1, -0.05) is 17.7 Å². The fourth-order valence-electron chi connectivity index (χ4n) is 2.61. The number of benzene rings is 1. The van der Waals surface area contributed by atoms with Crippen LogP contribution in [0.25, 0.3) is 0 Å². The fraction of sp³-hybridized carbons (Fsp3) is 0.500. The molecule has 0 N–H and O–H groups in total. The van der Waals surface area contributed by atoms with Gasteiger partial charge in [-0.2, -0.15) is 5.26 Å². The highest BCUT2D eigenvalue weighted by molar-refractivity contribution is 6.30. The van der Waals surface area contributed by atoms with Crippen molar-refractivity contribution < 1.29 is 0 Å². The summed E-state index contributed by atoms with van der Waals surface area (Å²) in [5.74, 6) is 0.0789. The lowest BCUT2D eigenvalue weighted by Gasteiger charge is -2.47. The second kappa shape index (κ2) is 4.58. The standard InChI is InChI=1S/C14H17ClN2/c1-14(2)11(10-16)5-4-8-17(14)13-7-3-6-12(15)9-13/h3,6-7,9,11H,4-5,8H2,1-2H3. The molecule has 0 saturated carbocycles. The first-order valence-corrected chi connectivity index (χ1v) is 6.36. The van der Waals surface area contributed by atoms with E-state index in [2.05, 4.69) is 30.9 Å². The predicted octanol–water partition coefficient (Wildman–Crippen LogP) is 3.86. The topological polar surface area (TPSA) is 27.0 Å². The number of anilines is 1. The molecule has 2 rings (SSSR count). The van der Waals surface area contributed by atoms with Gasteiger partial charge in [0.05, 0.1) is 17.5 Å². The minimum absolute atomic E-state index is 0.0789. The zero-order chi connectivity index (χ0) is 12.5. The summed E-state index contributed by atoms with van der Waals surface area (Å²) in [5, 5.41) is 9.99. The van der Waals surface area contributed by atoms with E-state index in [9.17, 15) is 5.26 Å². The molecule has 1 heterocycles. The Kier molecular flexibility index (Phi) is 3.31. The molecule has 1 fully saturated rings. The lowest BCUT2D eigenvalue weighted by Crippen LogP contribution is -2.53. The summed E-state index contributed by atoms with van der Waals surface area (Å²) in [6.45, 7) is 5.27. The van der Waals surface area contributed by atoms with Gasteiger partial charge >= 0.3 is 0 Å². The smallest absolute Gasteiger partial charge is 0.0690 e. The van der Waals surface area contributed by atoms with E-state index in [1.165, 1.54) is 0 Å². The Morgan fingerprint density at radius 3 is 2.88 bits per heavy atom. The zero-order valence-corrected chi connectivity index (χ0v) is 11.0. The van der Waals surface area contributed by atoms with Gasteiger partial charge in [0.1, 0.15) is 0 Å². The van der Waals surface area contributed by atoms with E-state index in [1.807, 2.05) is 18.2 Å². The summed E-state index contributed by atoms with van der Waals surface area (Å²) in [6, 6.07) is 10.3. The van der Waals surface area contributed by atoms with Crippen molar-refractivity contribution in [1.82, 2.24) is 0 Å². The maximum absolute atomic E-state index is 9.24. The third kappa shape index (κ3) is 2.25. The van der Waals surface area contributed by atoms with Crippen LogP contribution in [-0.2, 0) is 0 Å². The van der Waals surface area contributed by atoms with Gasteiger partial charge in [-0.15, -0.1) is 0 Å². The van der Waals surface area contributed by atoms with E-state index in [4.69, 9.17) is 11.6 Å². The second-order valence-electron chi connectivity index (χ2n) is 5.11. The van der Waals surface area contributed by atoms with Crippen LogP contribution in [0.2, 0.25) is 5.02 Å². The molecular weight excluding hydrogens is 232 g/mol. The number of piperidine rings is 1. The molecule has 0 spiro atoms. The summed E-state index contributed by atoms with van der Waals surface area (Å²) in [6.07, 6.45) is 2.05. The minimum Gasteiger partial charge on any atom is -0.365 e. The van der Waals surface area contributed by atoms with Crippen LogP contribution >= 0.6 is 11.6 Å². The van der Waals surface area contributed by atoms with Crippen molar-refractivity contribution in [3.63, 3.8) is 0 Å². The van der Waals surface area contributed by atoms with Crippen molar-refractivity contribution in [2.75, 3.05) is 11.4 Å². The van der Waals surface area contributed by atoms with Crippen LogP contribution in [0.3, 0.4) is 0 Å². The van der Waals surface area contributed by atoms with Crippen molar-refractivity contribution in [3.8, 4) is 6.07 Å². The Hall–Kier alpha value is -1.20. The van der Waals surface area contributed by atoms with Crippen LogP contribution in [0.15, 0.2) is 24.3 Å². The molecule has 1 aliphatic rings. The number of nitrogens with zero attached hydrogens (tertiary/aromatic N) is 2. The van der Waals surface area contributed by atoms with E-state index in [0.29, 0.717) is 0 Å².